The smallest absolute Gasteiger partial charge is 0.186 e. The molecule has 1 fully saturated rings. The summed E-state index contributed by atoms with van der Waals surface area (Å²) in [6.07, 6.45) is 6.43. The molecule has 1 aliphatic rings. The second-order valence-electron chi connectivity index (χ2n) is 5.51. The number of allylic oxidation sites excluding steroid dienone is 2. The van der Waals surface area contributed by atoms with Crippen LogP contribution in [0.5, 0.6) is 0 Å². The normalized spacial score (nSPS) is 18.9. The van der Waals surface area contributed by atoms with Crippen molar-refractivity contribution < 1.29 is 4.79 Å². The van der Waals surface area contributed by atoms with E-state index < -0.39 is 0 Å². The van der Waals surface area contributed by atoms with Crippen LogP contribution in [0.3, 0.4) is 0 Å². The zero-order valence-corrected chi connectivity index (χ0v) is 12.6. The highest BCUT2D eigenvalue weighted by atomic mass is 16.1. The van der Waals surface area contributed by atoms with Gasteiger partial charge in [0.05, 0.1) is 0 Å². The summed E-state index contributed by atoms with van der Waals surface area (Å²) >= 11 is 0. The van der Waals surface area contributed by atoms with Crippen LogP contribution >= 0.6 is 0 Å². The summed E-state index contributed by atoms with van der Waals surface area (Å²) in [6, 6.07) is 11.9. The van der Waals surface area contributed by atoms with Gasteiger partial charge < -0.3 is 5.32 Å². The van der Waals surface area contributed by atoms with Gasteiger partial charge in [-0.3, -0.25) is 9.89 Å². The van der Waals surface area contributed by atoms with E-state index in [1.165, 1.54) is 0 Å². The number of aromatic nitrogens is 2. The van der Waals surface area contributed by atoms with Gasteiger partial charge in [0.25, 0.3) is 0 Å². The number of benzene rings is 1. The van der Waals surface area contributed by atoms with Crippen molar-refractivity contribution in [2.24, 2.45) is 0 Å². The van der Waals surface area contributed by atoms with Crippen LogP contribution in [0, 0.1) is 6.92 Å². The van der Waals surface area contributed by atoms with Crippen LogP contribution < -0.4 is 5.32 Å². The maximum atomic E-state index is 12.6. The van der Waals surface area contributed by atoms with E-state index in [9.17, 15) is 4.79 Å². The van der Waals surface area contributed by atoms with Crippen LogP contribution in [-0.2, 0) is 4.79 Å². The maximum absolute atomic E-state index is 12.6. The second kappa shape index (κ2) is 6.43. The van der Waals surface area contributed by atoms with Crippen LogP contribution in [0.25, 0.3) is 6.08 Å². The van der Waals surface area contributed by atoms with E-state index in [4.69, 9.17) is 0 Å². The van der Waals surface area contributed by atoms with Crippen molar-refractivity contribution in [3.8, 4) is 0 Å². The van der Waals surface area contributed by atoms with E-state index in [1.807, 2.05) is 49.4 Å². The summed E-state index contributed by atoms with van der Waals surface area (Å²) in [5.74, 6) is 0.867. The highest BCUT2D eigenvalue weighted by molar-refractivity contribution is 6.11. The van der Waals surface area contributed by atoms with Crippen molar-refractivity contribution in [1.29, 1.82) is 0 Å². The molecule has 2 aromatic rings. The Bertz CT molecular complexity index is 726. The predicted octanol–water partition coefficient (Wildman–Crippen LogP) is 3.85. The van der Waals surface area contributed by atoms with Crippen LogP contribution in [0.4, 0.5) is 5.82 Å². The van der Waals surface area contributed by atoms with Gasteiger partial charge in [0, 0.05) is 29.1 Å². The maximum Gasteiger partial charge on any atom is 0.186 e. The molecule has 1 aromatic heterocycles. The summed E-state index contributed by atoms with van der Waals surface area (Å²) in [6.45, 7) is 1.94. The molecule has 0 radical (unpaired) electrons. The molecule has 0 unspecified atom stereocenters. The molecule has 1 aromatic carbocycles. The predicted molar refractivity (Wildman–Crippen MR) is 88.3 cm³/mol. The van der Waals surface area contributed by atoms with E-state index >= 15 is 0 Å². The second-order valence-corrected chi connectivity index (χ2v) is 5.51. The Balaban J connectivity index is 1.76. The number of H-pyrrole nitrogens is 1. The lowest BCUT2D eigenvalue weighted by atomic mass is 9.88. The third-order valence-corrected chi connectivity index (χ3v) is 3.72. The molecule has 4 nitrogen and oxygen atoms in total. The first-order valence-corrected chi connectivity index (χ1v) is 7.50. The first-order chi connectivity index (χ1) is 10.7. The first kappa shape index (κ1) is 14.3. The molecule has 0 bridgehead atoms. The monoisotopic (exact) mass is 293 g/mol. The van der Waals surface area contributed by atoms with Gasteiger partial charge in [-0.1, -0.05) is 30.3 Å². The summed E-state index contributed by atoms with van der Waals surface area (Å²) in [4.78, 5) is 12.6. The average Bonchev–Trinajstić information content (AvgIpc) is 2.95. The van der Waals surface area contributed by atoms with Gasteiger partial charge in [-0.2, -0.15) is 5.10 Å². The Morgan fingerprint density at radius 3 is 2.68 bits per heavy atom. The minimum absolute atomic E-state index is 0.134. The number of hydrogen-bond donors (Lipinski definition) is 2. The molecule has 4 heteroatoms. The Morgan fingerprint density at radius 1 is 1.18 bits per heavy atom. The van der Waals surface area contributed by atoms with E-state index in [0.717, 1.165) is 47.5 Å². The molecular formula is C18H19N3O. The van der Waals surface area contributed by atoms with Crippen LogP contribution in [0.15, 0.2) is 53.7 Å². The van der Waals surface area contributed by atoms with Gasteiger partial charge >= 0.3 is 0 Å². The molecule has 0 saturated heterocycles. The number of carbonyl (C=O) groups excluding carboxylic acids is 1. The Hall–Kier alpha value is -2.62. The third-order valence-electron chi connectivity index (χ3n) is 3.72. The number of ketones is 1. The van der Waals surface area contributed by atoms with Crippen LogP contribution in [-0.4, -0.2) is 16.0 Å². The fraction of sp³-hybridized carbons (Fsp3) is 0.222. The third kappa shape index (κ3) is 3.34. The molecule has 1 heterocycles. The largest absolute Gasteiger partial charge is 0.345 e. The fourth-order valence-electron chi connectivity index (χ4n) is 2.58. The van der Waals surface area contributed by atoms with Crippen molar-refractivity contribution in [1.82, 2.24) is 10.2 Å². The zero-order chi connectivity index (χ0) is 15.4. The SMILES string of the molecule is Cc1cc(N/C=C2\CCCC(=Cc3ccccc3)C2=O)n[nH]1. The number of aryl methyl sites for hydroxylation is 1. The van der Waals surface area contributed by atoms with Crippen molar-refractivity contribution in [3.63, 3.8) is 0 Å². The van der Waals surface area contributed by atoms with Gasteiger partial charge in [0.1, 0.15) is 0 Å². The highest BCUT2D eigenvalue weighted by Gasteiger charge is 2.20. The number of anilines is 1. The minimum atomic E-state index is 0.134. The van der Waals surface area contributed by atoms with E-state index in [0.29, 0.717) is 0 Å². The number of nitrogens with zero attached hydrogens (tertiary/aromatic N) is 1. The van der Waals surface area contributed by atoms with E-state index in [2.05, 4.69) is 15.5 Å². The Kier molecular flexibility index (Phi) is 4.19. The quantitative estimate of drug-likeness (QED) is 0.845. The molecule has 0 amide bonds. The Labute approximate surface area is 129 Å². The molecule has 112 valence electrons. The molecule has 3 rings (SSSR count). The van der Waals surface area contributed by atoms with Crippen molar-refractivity contribution >= 4 is 17.7 Å². The number of hydrogen-bond acceptors (Lipinski definition) is 3. The standard InChI is InChI=1S/C18H19N3O/c1-13-10-17(21-20-13)19-12-16-9-5-8-15(18(16)22)11-14-6-3-2-4-7-14/h2-4,6-7,10-12H,5,8-9H2,1H3,(H2,19,20,21)/b15-11?,16-12+. The molecule has 0 aliphatic heterocycles. The number of carbonyl (C=O) groups is 1. The molecule has 1 saturated carbocycles. The van der Waals surface area contributed by atoms with E-state index in [1.54, 1.807) is 6.20 Å². The van der Waals surface area contributed by atoms with Crippen LogP contribution in [0.1, 0.15) is 30.5 Å². The summed E-state index contributed by atoms with van der Waals surface area (Å²) < 4.78 is 0. The van der Waals surface area contributed by atoms with Gasteiger partial charge in [0.2, 0.25) is 0 Å². The lowest BCUT2D eigenvalue weighted by molar-refractivity contribution is -0.112. The van der Waals surface area contributed by atoms with Crippen molar-refractivity contribution in [2.45, 2.75) is 26.2 Å². The van der Waals surface area contributed by atoms with E-state index in [-0.39, 0.29) is 5.78 Å². The van der Waals surface area contributed by atoms with Crippen molar-refractivity contribution in [3.05, 3.63) is 65.0 Å². The highest BCUT2D eigenvalue weighted by Crippen LogP contribution is 2.26. The van der Waals surface area contributed by atoms with Gasteiger partial charge in [-0.05, 0) is 37.8 Å². The Morgan fingerprint density at radius 2 is 1.95 bits per heavy atom. The molecule has 22 heavy (non-hydrogen) atoms. The number of Topliss-reactive ketones (excluding diaryl/α,β-unsaturated/α-hetero) is 1. The summed E-state index contributed by atoms with van der Waals surface area (Å²) in [5, 5.41) is 10.1. The van der Waals surface area contributed by atoms with Gasteiger partial charge in [-0.25, -0.2) is 0 Å². The molecule has 0 atom stereocenters. The van der Waals surface area contributed by atoms with Crippen molar-refractivity contribution in [2.75, 3.05) is 5.32 Å². The van der Waals surface area contributed by atoms with Gasteiger partial charge in [0.15, 0.2) is 11.6 Å². The first-order valence-electron chi connectivity index (χ1n) is 7.50. The number of nitrogens with one attached hydrogen (secondary N) is 2. The fourth-order valence-corrected chi connectivity index (χ4v) is 2.58. The number of rotatable bonds is 3. The van der Waals surface area contributed by atoms with Crippen LogP contribution in [0.2, 0.25) is 0 Å². The molecule has 0 spiro atoms. The summed E-state index contributed by atoms with van der Waals surface area (Å²) in [5.41, 5.74) is 3.75. The molecule has 1 aliphatic carbocycles. The zero-order valence-electron chi connectivity index (χ0n) is 12.6. The minimum Gasteiger partial charge on any atom is -0.345 e. The number of aromatic amines is 1. The lowest BCUT2D eigenvalue weighted by Crippen LogP contribution is -2.13. The molecular weight excluding hydrogens is 274 g/mol. The van der Waals surface area contributed by atoms with Gasteiger partial charge in [-0.15, -0.1) is 0 Å². The summed E-state index contributed by atoms with van der Waals surface area (Å²) in [7, 11) is 0. The molecule has 2 N–H and O–H groups in total. The topological polar surface area (TPSA) is 57.8 Å². The lowest BCUT2D eigenvalue weighted by Gasteiger charge is -2.16. The average molecular weight is 293 g/mol.